The first-order chi connectivity index (χ1) is 8.29. The molecule has 2 bridgehead atoms. The van der Waals surface area contributed by atoms with E-state index < -0.39 is 5.60 Å². The molecule has 18 heavy (non-hydrogen) atoms. The van der Waals surface area contributed by atoms with Crippen LogP contribution in [0.15, 0.2) is 0 Å². The fourth-order valence-corrected chi connectivity index (χ4v) is 3.83. The molecule has 1 aliphatic carbocycles. The lowest BCUT2D eigenvalue weighted by Gasteiger charge is -2.49. The van der Waals surface area contributed by atoms with Gasteiger partial charge in [-0.3, -0.25) is 9.69 Å². The van der Waals surface area contributed by atoms with Crippen LogP contribution in [0.1, 0.15) is 46.5 Å². The van der Waals surface area contributed by atoms with Gasteiger partial charge in [-0.25, -0.2) is 4.79 Å². The quantitative estimate of drug-likeness (QED) is 0.530. The molecule has 102 valence electrons. The molecule has 3 rings (SSSR count). The van der Waals surface area contributed by atoms with E-state index in [0.29, 0.717) is 5.92 Å². The number of halogens is 1. The van der Waals surface area contributed by atoms with E-state index in [1.807, 2.05) is 43.4 Å². The minimum absolute atomic E-state index is 0.0628. The lowest BCUT2D eigenvalue weighted by Crippen LogP contribution is -2.60. The van der Waals surface area contributed by atoms with Crippen LogP contribution in [0.3, 0.4) is 0 Å². The molecular formula is C13H20INO3. The third-order valence-electron chi connectivity index (χ3n) is 3.72. The van der Waals surface area contributed by atoms with Gasteiger partial charge in [-0.1, -0.05) is 0 Å². The second-order valence-corrected chi connectivity index (χ2v) is 7.27. The van der Waals surface area contributed by atoms with Gasteiger partial charge in [0.15, 0.2) is 0 Å². The van der Waals surface area contributed by atoms with E-state index in [0.717, 1.165) is 25.7 Å². The third-order valence-corrected chi connectivity index (χ3v) is 4.36. The van der Waals surface area contributed by atoms with E-state index in [9.17, 15) is 9.59 Å². The zero-order valence-electron chi connectivity index (χ0n) is 11.1. The molecule has 0 radical (unpaired) electrons. The first-order valence-corrected chi connectivity index (χ1v) is 7.58. The molecule has 1 amide bonds. The summed E-state index contributed by atoms with van der Waals surface area (Å²) in [4.78, 5) is 25.8. The van der Waals surface area contributed by atoms with Crippen LogP contribution in [0.5, 0.6) is 0 Å². The first-order valence-electron chi connectivity index (χ1n) is 6.50. The number of fused-ring (bicyclic) bond motifs is 3. The number of carbonyl (C=O) groups excluding carboxylic acids is 2. The molecule has 2 saturated heterocycles. The average molecular weight is 365 g/mol. The predicted octanol–water partition coefficient (Wildman–Crippen LogP) is 3.13. The number of hydrogen-bond donors (Lipinski definition) is 0. The van der Waals surface area contributed by atoms with Gasteiger partial charge in [0.2, 0.25) is 3.79 Å². The Balaban J connectivity index is 2.18. The minimum Gasteiger partial charge on any atom is -0.444 e. The Bertz CT molecular complexity index is 356. The van der Waals surface area contributed by atoms with Crippen LogP contribution >= 0.6 is 22.6 Å². The third kappa shape index (κ3) is 2.81. The van der Waals surface area contributed by atoms with Crippen molar-refractivity contribution in [2.24, 2.45) is 5.92 Å². The van der Waals surface area contributed by atoms with Gasteiger partial charge in [-0.05, 0) is 52.4 Å². The van der Waals surface area contributed by atoms with Gasteiger partial charge in [0, 0.05) is 28.6 Å². The van der Waals surface area contributed by atoms with Crippen LogP contribution in [0.2, 0.25) is 0 Å². The van der Waals surface area contributed by atoms with E-state index in [-0.39, 0.29) is 22.0 Å². The molecule has 0 N–H and O–H groups in total. The lowest BCUT2D eigenvalue weighted by atomic mass is 9.75. The molecule has 0 aromatic carbocycles. The lowest BCUT2D eigenvalue weighted by molar-refractivity contribution is -0.122. The van der Waals surface area contributed by atoms with Gasteiger partial charge in [-0.2, -0.15) is 0 Å². The van der Waals surface area contributed by atoms with Gasteiger partial charge >= 0.3 is 6.09 Å². The SMILES string of the molecule is CC(C)(C)OC(=O)N1[C@H]2CC[C@H](CC2)[C@H]1C(=O)I. The second-order valence-electron chi connectivity index (χ2n) is 6.21. The topological polar surface area (TPSA) is 46.6 Å². The summed E-state index contributed by atoms with van der Waals surface area (Å²) in [5.74, 6) is 0.326. The zero-order chi connectivity index (χ0) is 13.5. The van der Waals surface area contributed by atoms with Gasteiger partial charge in [0.1, 0.15) is 11.6 Å². The number of rotatable bonds is 1. The molecule has 2 aliphatic heterocycles. The second kappa shape index (κ2) is 4.98. The molecule has 0 unspecified atom stereocenters. The Labute approximate surface area is 122 Å². The minimum atomic E-state index is -0.507. The zero-order valence-corrected chi connectivity index (χ0v) is 13.3. The Morgan fingerprint density at radius 1 is 1.17 bits per heavy atom. The molecule has 5 heteroatoms. The largest absolute Gasteiger partial charge is 0.444 e. The first kappa shape index (κ1) is 14.1. The summed E-state index contributed by atoms with van der Waals surface area (Å²) in [5.41, 5.74) is -0.507. The van der Waals surface area contributed by atoms with Crippen LogP contribution in [-0.2, 0) is 9.53 Å². The maximum absolute atomic E-state index is 12.3. The molecule has 4 nitrogen and oxygen atoms in total. The van der Waals surface area contributed by atoms with Crippen molar-refractivity contribution in [3.8, 4) is 0 Å². The monoisotopic (exact) mass is 365 g/mol. The van der Waals surface area contributed by atoms with Crippen molar-refractivity contribution >= 4 is 32.5 Å². The van der Waals surface area contributed by atoms with Crippen molar-refractivity contribution in [1.82, 2.24) is 4.90 Å². The summed E-state index contributed by atoms with van der Waals surface area (Å²) >= 11 is 1.82. The number of hydrogen-bond acceptors (Lipinski definition) is 3. The Morgan fingerprint density at radius 3 is 2.17 bits per heavy atom. The fraction of sp³-hybridized carbons (Fsp3) is 0.846. The Kier molecular flexibility index (Phi) is 3.90. The molecular weight excluding hydrogens is 345 g/mol. The number of carbonyl (C=O) groups is 2. The van der Waals surface area contributed by atoms with Crippen LogP contribution in [0.4, 0.5) is 4.79 Å². The smallest absolute Gasteiger partial charge is 0.411 e. The van der Waals surface area contributed by atoms with E-state index in [4.69, 9.17) is 4.74 Å². The van der Waals surface area contributed by atoms with E-state index >= 15 is 0 Å². The molecule has 3 fully saturated rings. The number of piperidine rings is 2. The summed E-state index contributed by atoms with van der Waals surface area (Å²) in [7, 11) is 0. The highest BCUT2D eigenvalue weighted by atomic mass is 127. The van der Waals surface area contributed by atoms with Crippen molar-refractivity contribution in [3.63, 3.8) is 0 Å². The summed E-state index contributed by atoms with van der Waals surface area (Å²) in [6.45, 7) is 5.57. The summed E-state index contributed by atoms with van der Waals surface area (Å²) < 4.78 is 5.50. The number of ether oxygens (including phenoxy) is 1. The van der Waals surface area contributed by atoms with Crippen LogP contribution in [-0.4, -0.2) is 32.5 Å². The average Bonchev–Trinajstić information content (AvgIpc) is 2.26. The van der Waals surface area contributed by atoms with Crippen molar-refractivity contribution in [2.45, 2.75) is 64.1 Å². The molecule has 0 aromatic rings. The summed E-state index contributed by atoms with van der Waals surface area (Å²) in [6.07, 6.45) is 3.80. The molecule has 0 aromatic heterocycles. The molecule has 1 atom stereocenters. The molecule has 2 heterocycles. The van der Waals surface area contributed by atoms with Crippen molar-refractivity contribution in [1.29, 1.82) is 0 Å². The summed E-state index contributed by atoms with van der Waals surface area (Å²) in [5, 5.41) is 0. The fourth-order valence-electron chi connectivity index (χ4n) is 3.02. The summed E-state index contributed by atoms with van der Waals surface area (Å²) in [6, 6.07) is -0.0819. The van der Waals surface area contributed by atoms with E-state index in [1.165, 1.54) is 0 Å². The predicted molar refractivity (Wildman–Crippen MR) is 76.6 cm³/mol. The van der Waals surface area contributed by atoms with E-state index in [1.54, 1.807) is 4.90 Å². The van der Waals surface area contributed by atoms with Crippen LogP contribution < -0.4 is 0 Å². The van der Waals surface area contributed by atoms with Crippen LogP contribution in [0, 0.1) is 5.92 Å². The van der Waals surface area contributed by atoms with Gasteiger partial charge in [0.05, 0.1) is 0 Å². The van der Waals surface area contributed by atoms with Crippen molar-refractivity contribution in [3.05, 3.63) is 0 Å². The Morgan fingerprint density at radius 2 is 1.72 bits per heavy atom. The molecule has 3 aliphatic rings. The standard InChI is InChI=1S/C13H20INO3/c1-13(2,3)18-12(17)15-9-6-4-8(5-7-9)10(15)11(14)16/h8-10H,4-7H2,1-3H3/t8-,9+,10-/m0/s1. The van der Waals surface area contributed by atoms with Gasteiger partial charge in [0.25, 0.3) is 0 Å². The highest BCUT2D eigenvalue weighted by molar-refractivity contribution is 14.1. The number of nitrogens with zero attached hydrogens (tertiary/aromatic N) is 1. The number of amides is 1. The van der Waals surface area contributed by atoms with Gasteiger partial charge in [-0.15, -0.1) is 0 Å². The van der Waals surface area contributed by atoms with Gasteiger partial charge < -0.3 is 4.74 Å². The normalized spacial score (nSPS) is 31.3. The van der Waals surface area contributed by atoms with Crippen molar-refractivity contribution < 1.29 is 14.3 Å². The molecule has 1 saturated carbocycles. The molecule has 0 spiro atoms. The van der Waals surface area contributed by atoms with E-state index in [2.05, 4.69) is 0 Å². The maximum atomic E-state index is 12.3. The maximum Gasteiger partial charge on any atom is 0.411 e. The van der Waals surface area contributed by atoms with Crippen LogP contribution in [0.25, 0.3) is 0 Å². The van der Waals surface area contributed by atoms with Crippen molar-refractivity contribution in [2.75, 3.05) is 0 Å². The Hall–Kier alpha value is -0.330. The highest BCUT2D eigenvalue weighted by Crippen LogP contribution is 2.41. The highest BCUT2D eigenvalue weighted by Gasteiger charge is 2.48.